The Balaban J connectivity index is 2.21. The first kappa shape index (κ1) is 11.0. The summed E-state index contributed by atoms with van der Waals surface area (Å²) in [6, 6.07) is 1.41. The fourth-order valence-electron chi connectivity index (χ4n) is 1.97. The number of unbranched alkanes of at least 4 members (excludes halogenated alkanes) is 2. The van der Waals surface area contributed by atoms with E-state index in [2.05, 4.69) is 31.0 Å². The Morgan fingerprint density at radius 1 is 1.31 bits per heavy atom. The van der Waals surface area contributed by atoms with Gasteiger partial charge in [-0.25, -0.2) is 0 Å². The molecule has 78 valence electrons. The molecule has 0 unspecified atom stereocenters. The lowest BCUT2D eigenvalue weighted by molar-refractivity contribution is 0.144. The standard InChI is InChI=1S/C11H24N2/c1-4-5-6-7-13-9-10(2)12-8-11(13)3/h10-12H,4-9H2,1-3H3/t10-,11+/m1/s1. The largest absolute Gasteiger partial charge is 0.311 e. The Morgan fingerprint density at radius 2 is 2.08 bits per heavy atom. The number of piperazine rings is 1. The molecule has 1 heterocycles. The summed E-state index contributed by atoms with van der Waals surface area (Å²) in [7, 11) is 0. The first-order valence-corrected chi connectivity index (χ1v) is 5.71. The van der Waals surface area contributed by atoms with Gasteiger partial charge in [-0.05, 0) is 26.8 Å². The zero-order valence-electron chi connectivity index (χ0n) is 9.34. The van der Waals surface area contributed by atoms with Crippen LogP contribution in [0.15, 0.2) is 0 Å². The molecule has 0 aliphatic carbocycles. The van der Waals surface area contributed by atoms with Gasteiger partial charge in [0.05, 0.1) is 0 Å². The summed E-state index contributed by atoms with van der Waals surface area (Å²) in [4.78, 5) is 2.62. The third kappa shape index (κ3) is 3.65. The van der Waals surface area contributed by atoms with Gasteiger partial charge in [0.15, 0.2) is 0 Å². The van der Waals surface area contributed by atoms with E-state index >= 15 is 0 Å². The molecular weight excluding hydrogens is 160 g/mol. The maximum Gasteiger partial charge on any atom is 0.0193 e. The maximum atomic E-state index is 3.51. The van der Waals surface area contributed by atoms with E-state index in [1.54, 1.807) is 0 Å². The number of nitrogens with one attached hydrogen (secondary N) is 1. The van der Waals surface area contributed by atoms with Gasteiger partial charge in [-0.15, -0.1) is 0 Å². The fraction of sp³-hybridized carbons (Fsp3) is 1.00. The lowest BCUT2D eigenvalue weighted by atomic mass is 10.1. The van der Waals surface area contributed by atoms with Gasteiger partial charge in [-0.2, -0.15) is 0 Å². The number of hydrogen-bond acceptors (Lipinski definition) is 2. The summed E-state index contributed by atoms with van der Waals surface area (Å²) in [5, 5.41) is 3.51. The summed E-state index contributed by atoms with van der Waals surface area (Å²) in [5.41, 5.74) is 0. The molecular formula is C11H24N2. The molecule has 2 atom stereocenters. The van der Waals surface area contributed by atoms with Gasteiger partial charge in [0.1, 0.15) is 0 Å². The van der Waals surface area contributed by atoms with Crippen LogP contribution in [0.3, 0.4) is 0 Å². The van der Waals surface area contributed by atoms with Gasteiger partial charge >= 0.3 is 0 Å². The molecule has 1 N–H and O–H groups in total. The van der Waals surface area contributed by atoms with Crippen LogP contribution in [0.1, 0.15) is 40.0 Å². The first-order chi connectivity index (χ1) is 6.24. The van der Waals surface area contributed by atoms with E-state index in [1.165, 1.54) is 32.4 Å². The highest BCUT2D eigenvalue weighted by Crippen LogP contribution is 2.08. The summed E-state index contributed by atoms with van der Waals surface area (Å²) in [6.45, 7) is 10.5. The maximum absolute atomic E-state index is 3.51. The van der Waals surface area contributed by atoms with E-state index in [1.807, 2.05) is 0 Å². The van der Waals surface area contributed by atoms with Crippen molar-refractivity contribution in [2.24, 2.45) is 0 Å². The Morgan fingerprint density at radius 3 is 2.77 bits per heavy atom. The van der Waals surface area contributed by atoms with Gasteiger partial charge < -0.3 is 5.32 Å². The van der Waals surface area contributed by atoms with Crippen molar-refractivity contribution in [1.29, 1.82) is 0 Å². The number of hydrogen-bond donors (Lipinski definition) is 1. The highest BCUT2D eigenvalue weighted by atomic mass is 15.2. The second kappa shape index (κ2) is 5.61. The molecule has 2 heteroatoms. The average molecular weight is 184 g/mol. The Kier molecular flexibility index (Phi) is 4.74. The summed E-state index contributed by atoms with van der Waals surface area (Å²) >= 11 is 0. The van der Waals surface area contributed by atoms with Crippen LogP contribution in [0.25, 0.3) is 0 Å². The lowest BCUT2D eigenvalue weighted by Gasteiger charge is -2.37. The molecule has 0 radical (unpaired) electrons. The third-order valence-electron chi connectivity index (χ3n) is 2.94. The minimum absolute atomic E-state index is 0.679. The molecule has 0 saturated carbocycles. The molecule has 0 aromatic carbocycles. The molecule has 1 saturated heterocycles. The second-order valence-corrected chi connectivity index (χ2v) is 4.36. The van der Waals surface area contributed by atoms with Gasteiger partial charge in [0.25, 0.3) is 0 Å². The molecule has 1 rings (SSSR count). The van der Waals surface area contributed by atoms with Crippen LogP contribution in [-0.4, -0.2) is 36.6 Å². The monoisotopic (exact) mass is 184 g/mol. The van der Waals surface area contributed by atoms with Crippen molar-refractivity contribution in [3.63, 3.8) is 0 Å². The molecule has 0 aromatic heterocycles. The molecule has 0 spiro atoms. The molecule has 1 aliphatic heterocycles. The SMILES string of the molecule is CCCCCN1C[C@@H](C)NC[C@@H]1C. The molecule has 0 amide bonds. The van der Waals surface area contributed by atoms with Crippen molar-refractivity contribution in [3.8, 4) is 0 Å². The predicted octanol–water partition coefficient (Wildman–Crippen LogP) is 1.86. The van der Waals surface area contributed by atoms with E-state index in [0.29, 0.717) is 6.04 Å². The fourth-order valence-corrected chi connectivity index (χ4v) is 1.97. The molecule has 1 fully saturated rings. The van der Waals surface area contributed by atoms with E-state index in [9.17, 15) is 0 Å². The van der Waals surface area contributed by atoms with E-state index in [0.717, 1.165) is 12.6 Å². The van der Waals surface area contributed by atoms with Crippen molar-refractivity contribution in [1.82, 2.24) is 10.2 Å². The number of nitrogens with zero attached hydrogens (tertiary/aromatic N) is 1. The van der Waals surface area contributed by atoms with Gasteiger partial charge in [-0.3, -0.25) is 4.90 Å². The number of rotatable bonds is 4. The van der Waals surface area contributed by atoms with Crippen molar-refractivity contribution < 1.29 is 0 Å². The highest BCUT2D eigenvalue weighted by molar-refractivity contribution is 4.80. The zero-order chi connectivity index (χ0) is 9.68. The van der Waals surface area contributed by atoms with E-state index < -0.39 is 0 Å². The van der Waals surface area contributed by atoms with E-state index in [-0.39, 0.29) is 0 Å². The Hall–Kier alpha value is -0.0800. The molecule has 13 heavy (non-hydrogen) atoms. The summed E-state index contributed by atoms with van der Waals surface area (Å²) in [6.07, 6.45) is 4.08. The van der Waals surface area contributed by atoms with Gasteiger partial charge in [-0.1, -0.05) is 19.8 Å². The topological polar surface area (TPSA) is 15.3 Å². The van der Waals surface area contributed by atoms with Crippen LogP contribution in [0.2, 0.25) is 0 Å². The molecule has 0 bridgehead atoms. The van der Waals surface area contributed by atoms with Crippen molar-refractivity contribution in [2.45, 2.75) is 52.1 Å². The van der Waals surface area contributed by atoms with Crippen molar-refractivity contribution in [3.05, 3.63) is 0 Å². The predicted molar refractivity (Wildman–Crippen MR) is 58.0 cm³/mol. The van der Waals surface area contributed by atoms with Crippen LogP contribution in [-0.2, 0) is 0 Å². The summed E-state index contributed by atoms with van der Waals surface area (Å²) < 4.78 is 0. The van der Waals surface area contributed by atoms with Gasteiger partial charge in [0.2, 0.25) is 0 Å². The second-order valence-electron chi connectivity index (χ2n) is 4.36. The first-order valence-electron chi connectivity index (χ1n) is 5.71. The third-order valence-corrected chi connectivity index (χ3v) is 2.94. The minimum atomic E-state index is 0.679. The van der Waals surface area contributed by atoms with Crippen molar-refractivity contribution in [2.75, 3.05) is 19.6 Å². The highest BCUT2D eigenvalue weighted by Gasteiger charge is 2.20. The zero-order valence-corrected chi connectivity index (χ0v) is 9.34. The van der Waals surface area contributed by atoms with Crippen LogP contribution in [0.5, 0.6) is 0 Å². The van der Waals surface area contributed by atoms with E-state index in [4.69, 9.17) is 0 Å². The smallest absolute Gasteiger partial charge is 0.0193 e. The van der Waals surface area contributed by atoms with Gasteiger partial charge in [0, 0.05) is 25.2 Å². The van der Waals surface area contributed by atoms with Crippen molar-refractivity contribution >= 4 is 0 Å². The van der Waals surface area contributed by atoms with Crippen LogP contribution >= 0.6 is 0 Å². The normalized spacial score (nSPS) is 30.7. The quantitative estimate of drug-likeness (QED) is 0.671. The van der Waals surface area contributed by atoms with Crippen LogP contribution in [0, 0.1) is 0 Å². The van der Waals surface area contributed by atoms with Crippen LogP contribution < -0.4 is 5.32 Å². The summed E-state index contributed by atoms with van der Waals surface area (Å²) in [5.74, 6) is 0. The lowest BCUT2D eigenvalue weighted by Crippen LogP contribution is -2.54. The minimum Gasteiger partial charge on any atom is -0.311 e. The molecule has 0 aromatic rings. The Labute approximate surface area is 82.7 Å². The molecule has 2 nitrogen and oxygen atoms in total. The Bertz CT molecular complexity index is 136. The van der Waals surface area contributed by atoms with Crippen LogP contribution in [0.4, 0.5) is 0 Å². The molecule has 1 aliphatic rings. The average Bonchev–Trinajstić information content (AvgIpc) is 2.11.